The first kappa shape index (κ1) is 12.3. The second-order valence-electron chi connectivity index (χ2n) is 4.18. The summed E-state index contributed by atoms with van der Waals surface area (Å²) in [7, 11) is 0. The molecule has 0 radical (unpaired) electrons. The Balaban J connectivity index is 2.21. The molecule has 3 nitrogen and oxygen atoms in total. The Morgan fingerprint density at radius 1 is 1.59 bits per heavy atom. The summed E-state index contributed by atoms with van der Waals surface area (Å²) < 4.78 is 13.0. The van der Waals surface area contributed by atoms with Crippen LogP contribution in [0.4, 0.5) is 4.39 Å². The van der Waals surface area contributed by atoms with Crippen molar-refractivity contribution in [2.45, 2.75) is 13.0 Å². The second-order valence-corrected chi connectivity index (χ2v) is 4.59. The molecule has 0 bridgehead atoms. The fraction of sp³-hybridized carbons (Fsp3) is 0.417. The van der Waals surface area contributed by atoms with E-state index < -0.39 is 5.82 Å². The van der Waals surface area contributed by atoms with Crippen LogP contribution < -0.4 is 5.32 Å². The van der Waals surface area contributed by atoms with Gasteiger partial charge < -0.3 is 10.2 Å². The third-order valence-electron chi connectivity index (χ3n) is 2.93. The summed E-state index contributed by atoms with van der Waals surface area (Å²) >= 11 is 5.68. The topological polar surface area (TPSA) is 32.3 Å². The average Bonchev–Trinajstić information content (AvgIpc) is 2.32. The highest BCUT2D eigenvalue weighted by Crippen LogP contribution is 2.18. The van der Waals surface area contributed by atoms with Gasteiger partial charge in [0, 0.05) is 31.2 Å². The van der Waals surface area contributed by atoms with Gasteiger partial charge in [0.2, 0.25) is 0 Å². The lowest BCUT2D eigenvalue weighted by Crippen LogP contribution is -2.52. The van der Waals surface area contributed by atoms with Crippen molar-refractivity contribution in [3.63, 3.8) is 0 Å². The van der Waals surface area contributed by atoms with Gasteiger partial charge in [-0.15, -0.1) is 0 Å². The Kier molecular flexibility index (Phi) is 3.64. The molecule has 0 spiro atoms. The van der Waals surface area contributed by atoms with Crippen LogP contribution in [-0.2, 0) is 0 Å². The van der Waals surface area contributed by atoms with Crippen LogP contribution >= 0.6 is 11.6 Å². The van der Waals surface area contributed by atoms with Crippen LogP contribution in [0, 0.1) is 5.82 Å². The number of piperazine rings is 1. The van der Waals surface area contributed by atoms with Crippen molar-refractivity contribution in [3.8, 4) is 0 Å². The maximum Gasteiger partial charge on any atom is 0.254 e. The average molecular weight is 257 g/mol. The zero-order valence-corrected chi connectivity index (χ0v) is 10.3. The van der Waals surface area contributed by atoms with Crippen LogP contribution in [0.3, 0.4) is 0 Å². The van der Waals surface area contributed by atoms with Crippen LogP contribution in [0.15, 0.2) is 18.2 Å². The van der Waals surface area contributed by atoms with Crippen molar-refractivity contribution in [2.75, 3.05) is 19.6 Å². The Hall–Kier alpha value is -1.13. The van der Waals surface area contributed by atoms with E-state index in [-0.39, 0.29) is 17.0 Å². The third-order valence-corrected chi connectivity index (χ3v) is 3.22. The summed E-state index contributed by atoms with van der Waals surface area (Å²) in [5.41, 5.74) is 0.435. The van der Waals surface area contributed by atoms with Crippen LogP contribution in [0.5, 0.6) is 0 Å². The van der Waals surface area contributed by atoms with E-state index in [2.05, 4.69) is 5.32 Å². The first-order chi connectivity index (χ1) is 8.09. The molecule has 17 heavy (non-hydrogen) atoms. The predicted molar refractivity (Wildman–Crippen MR) is 64.8 cm³/mol. The van der Waals surface area contributed by atoms with Gasteiger partial charge >= 0.3 is 0 Å². The Labute approximate surface area is 105 Å². The van der Waals surface area contributed by atoms with E-state index in [9.17, 15) is 9.18 Å². The number of hydrogen-bond acceptors (Lipinski definition) is 2. The van der Waals surface area contributed by atoms with Crippen LogP contribution in [0.25, 0.3) is 0 Å². The standard InChI is InChI=1S/C12H14ClFN2O/c1-8-7-15-4-5-16(8)12(17)9-2-3-11(14)10(13)6-9/h2-3,6,8,15H,4-5,7H2,1H3. The van der Waals surface area contributed by atoms with E-state index in [1.54, 1.807) is 4.90 Å². The molecule has 1 aromatic rings. The molecule has 0 saturated carbocycles. The molecular formula is C12H14ClFN2O. The number of nitrogens with one attached hydrogen (secondary N) is 1. The molecule has 0 aromatic heterocycles. The molecule has 1 heterocycles. The van der Waals surface area contributed by atoms with Crippen molar-refractivity contribution < 1.29 is 9.18 Å². The van der Waals surface area contributed by atoms with Gasteiger partial charge in [0.25, 0.3) is 5.91 Å². The minimum atomic E-state index is -0.503. The van der Waals surface area contributed by atoms with Gasteiger partial charge in [-0.05, 0) is 25.1 Å². The van der Waals surface area contributed by atoms with E-state index in [0.717, 1.165) is 13.1 Å². The molecule has 92 valence electrons. The van der Waals surface area contributed by atoms with Gasteiger partial charge in [-0.3, -0.25) is 4.79 Å². The monoisotopic (exact) mass is 256 g/mol. The summed E-state index contributed by atoms with van der Waals surface area (Å²) in [4.78, 5) is 14.0. The number of hydrogen-bond donors (Lipinski definition) is 1. The SMILES string of the molecule is CC1CNCCN1C(=O)c1ccc(F)c(Cl)c1. The lowest BCUT2D eigenvalue weighted by molar-refractivity contribution is 0.0655. The molecule has 2 rings (SSSR count). The molecule has 1 N–H and O–H groups in total. The van der Waals surface area contributed by atoms with Gasteiger partial charge in [-0.1, -0.05) is 11.6 Å². The number of carbonyl (C=O) groups excluding carboxylic acids is 1. The number of nitrogens with zero attached hydrogens (tertiary/aromatic N) is 1. The largest absolute Gasteiger partial charge is 0.333 e. The van der Waals surface area contributed by atoms with Gasteiger partial charge in [0.15, 0.2) is 0 Å². The summed E-state index contributed by atoms with van der Waals surface area (Å²) in [5, 5.41) is 3.20. The molecule has 1 aliphatic heterocycles. The molecule has 1 aliphatic rings. The van der Waals surface area contributed by atoms with Crippen molar-refractivity contribution >= 4 is 17.5 Å². The molecule has 1 fully saturated rings. The van der Waals surface area contributed by atoms with Crippen LogP contribution in [0.1, 0.15) is 17.3 Å². The second kappa shape index (κ2) is 5.02. The zero-order valence-electron chi connectivity index (χ0n) is 9.54. The third kappa shape index (κ3) is 2.58. The number of carbonyl (C=O) groups is 1. The summed E-state index contributed by atoms with van der Waals surface area (Å²) in [6.45, 7) is 4.20. The van der Waals surface area contributed by atoms with E-state index in [1.165, 1.54) is 18.2 Å². The van der Waals surface area contributed by atoms with E-state index >= 15 is 0 Å². The van der Waals surface area contributed by atoms with Gasteiger partial charge in [0.1, 0.15) is 5.82 Å². The van der Waals surface area contributed by atoms with E-state index in [1.807, 2.05) is 6.92 Å². The maximum absolute atomic E-state index is 13.0. The molecule has 1 unspecified atom stereocenters. The number of amides is 1. The summed E-state index contributed by atoms with van der Waals surface area (Å²) in [5.74, 6) is -0.600. The van der Waals surface area contributed by atoms with Gasteiger partial charge in [-0.2, -0.15) is 0 Å². The summed E-state index contributed by atoms with van der Waals surface area (Å²) in [6.07, 6.45) is 0. The minimum absolute atomic E-state index is 0.0152. The lowest BCUT2D eigenvalue weighted by atomic mass is 10.1. The highest BCUT2D eigenvalue weighted by Gasteiger charge is 2.24. The van der Waals surface area contributed by atoms with Crippen molar-refractivity contribution in [3.05, 3.63) is 34.6 Å². The first-order valence-electron chi connectivity index (χ1n) is 5.56. The number of benzene rings is 1. The number of halogens is 2. The Morgan fingerprint density at radius 3 is 3.00 bits per heavy atom. The molecule has 1 atom stereocenters. The molecule has 1 saturated heterocycles. The fourth-order valence-electron chi connectivity index (χ4n) is 1.94. The Bertz CT molecular complexity index is 439. The van der Waals surface area contributed by atoms with Gasteiger partial charge in [-0.25, -0.2) is 4.39 Å². The fourth-order valence-corrected chi connectivity index (χ4v) is 2.12. The molecule has 1 aromatic carbocycles. The quantitative estimate of drug-likeness (QED) is 0.833. The lowest BCUT2D eigenvalue weighted by Gasteiger charge is -2.34. The molecule has 0 aliphatic carbocycles. The first-order valence-corrected chi connectivity index (χ1v) is 5.94. The smallest absolute Gasteiger partial charge is 0.254 e. The number of rotatable bonds is 1. The van der Waals surface area contributed by atoms with Crippen LogP contribution in [-0.4, -0.2) is 36.5 Å². The Morgan fingerprint density at radius 2 is 2.35 bits per heavy atom. The van der Waals surface area contributed by atoms with E-state index in [4.69, 9.17) is 11.6 Å². The normalized spacial score (nSPS) is 20.4. The molecule has 1 amide bonds. The van der Waals surface area contributed by atoms with Crippen molar-refractivity contribution in [1.82, 2.24) is 10.2 Å². The highest BCUT2D eigenvalue weighted by molar-refractivity contribution is 6.31. The molecular weight excluding hydrogens is 243 g/mol. The van der Waals surface area contributed by atoms with E-state index in [0.29, 0.717) is 12.1 Å². The highest BCUT2D eigenvalue weighted by atomic mass is 35.5. The van der Waals surface area contributed by atoms with Gasteiger partial charge in [0.05, 0.1) is 5.02 Å². The minimum Gasteiger partial charge on any atom is -0.333 e. The summed E-state index contributed by atoms with van der Waals surface area (Å²) in [6, 6.07) is 4.22. The maximum atomic E-state index is 13.0. The van der Waals surface area contributed by atoms with Crippen molar-refractivity contribution in [1.29, 1.82) is 0 Å². The van der Waals surface area contributed by atoms with Crippen LogP contribution in [0.2, 0.25) is 5.02 Å². The van der Waals surface area contributed by atoms with Crippen molar-refractivity contribution in [2.24, 2.45) is 0 Å². The predicted octanol–water partition coefficient (Wildman–Crippen LogP) is 1.91. The molecule has 5 heteroatoms. The zero-order chi connectivity index (χ0) is 12.4.